The molecule has 0 fully saturated rings. The molecule has 1 heterocycles. The van der Waals surface area contributed by atoms with Gasteiger partial charge in [-0.05, 0) is 18.6 Å². The third-order valence-electron chi connectivity index (χ3n) is 2.51. The van der Waals surface area contributed by atoms with E-state index in [9.17, 15) is 4.79 Å². The molecule has 2 aromatic rings. The van der Waals surface area contributed by atoms with Crippen molar-refractivity contribution in [2.24, 2.45) is 0 Å². The molecule has 1 aromatic carbocycles. The highest BCUT2D eigenvalue weighted by molar-refractivity contribution is 5.58. The highest BCUT2D eigenvalue weighted by atomic mass is 16.5. The fourth-order valence-corrected chi connectivity index (χ4v) is 1.54. The third-order valence-corrected chi connectivity index (χ3v) is 2.51. The minimum Gasteiger partial charge on any atom is -0.494 e. The number of ether oxygens (including phenoxy) is 1. The maximum absolute atomic E-state index is 11.2. The van der Waals surface area contributed by atoms with E-state index in [0.717, 1.165) is 12.2 Å². The van der Waals surface area contributed by atoms with Gasteiger partial charge in [0.1, 0.15) is 11.4 Å². The fraction of sp³-hybridized carbons (Fsp3) is 0.231. The van der Waals surface area contributed by atoms with Crippen LogP contribution in [0.25, 0.3) is 0 Å². The average Bonchev–Trinajstić information content (AvgIpc) is 2.44. The number of nitrogen functional groups attached to an aromatic ring is 1. The molecule has 6 nitrogen and oxygen atoms in total. The Morgan fingerprint density at radius 2 is 2.11 bits per heavy atom. The molecule has 0 atom stereocenters. The third kappa shape index (κ3) is 3.74. The van der Waals surface area contributed by atoms with Gasteiger partial charge in [-0.15, -0.1) is 0 Å². The van der Waals surface area contributed by atoms with Crippen LogP contribution in [0.15, 0.2) is 41.5 Å². The summed E-state index contributed by atoms with van der Waals surface area (Å²) in [7, 11) is 0. The van der Waals surface area contributed by atoms with Crippen LogP contribution >= 0.6 is 0 Å². The lowest BCUT2D eigenvalue weighted by Crippen LogP contribution is -2.17. The van der Waals surface area contributed by atoms with Gasteiger partial charge in [-0.3, -0.25) is 4.79 Å². The Kier molecular flexibility index (Phi) is 4.39. The number of H-pyrrole nitrogens is 1. The summed E-state index contributed by atoms with van der Waals surface area (Å²) < 4.78 is 5.54. The first-order chi connectivity index (χ1) is 9.27. The van der Waals surface area contributed by atoms with Crippen molar-refractivity contribution in [1.29, 1.82) is 0 Å². The zero-order chi connectivity index (χ0) is 13.5. The molecule has 0 bridgehead atoms. The van der Waals surface area contributed by atoms with Crippen molar-refractivity contribution in [3.05, 3.63) is 47.0 Å². The molecule has 0 amide bonds. The van der Waals surface area contributed by atoms with Crippen molar-refractivity contribution >= 4 is 11.5 Å². The molecule has 4 N–H and O–H groups in total. The van der Waals surface area contributed by atoms with Crippen LogP contribution in [0.5, 0.6) is 5.75 Å². The molecule has 100 valence electrons. The van der Waals surface area contributed by atoms with E-state index in [1.54, 1.807) is 0 Å². The molecular weight excluding hydrogens is 244 g/mol. The molecule has 2 rings (SSSR count). The minimum atomic E-state index is -0.335. The highest BCUT2D eigenvalue weighted by Gasteiger charge is 2.02. The largest absolute Gasteiger partial charge is 0.494 e. The van der Waals surface area contributed by atoms with Crippen molar-refractivity contribution in [3.63, 3.8) is 0 Å². The van der Waals surface area contributed by atoms with Crippen molar-refractivity contribution in [2.45, 2.75) is 6.42 Å². The number of rotatable bonds is 6. The van der Waals surface area contributed by atoms with Gasteiger partial charge in [0.05, 0.1) is 12.9 Å². The summed E-state index contributed by atoms with van der Waals surface area (Å²) in [4.78, 5) is 17.6. The maximum atomic E-state index is 11.2. The van der Waals surface area contributed by atoms with Crippen LogP contribution in [0.4, 0.5) is 11.5 Å². The molecule has 19 heavy (non-hydrogen) atoms. The lowest BCUT2D eigenvalue weighted by molar-refractivity contribution is 0.315. The van der Waals surface area contributed by atoms with Gasteiger partial charge in [0.15, 0.2) is 5.82 Å². The van der Waals surface area contributed by atoms with Crippen LogP contribution < -0.4 is 21.3 Å². The Morgan fingerprint density at radius 3 is 2.89 bits per heavy atom. The van der Waals surface area contributed by atoms with Crippen molar-refractivity contribution in [2.75, 3.05) is 24.2 Å². The van der Waals surface area contributed by atoms with Crippen molar-refractivity contribution in [3.8, 4) is 5.75 Å². The Morgan fingerprint density at radius 1 is 1.32 bits per heavy atom. The van der Waals surface area contributed by atoms with Gasteiger partial charge in [-0.1, -0.05) is 18.2 Å². The summed E-state index contributed by atoms with van der Waals surface area (Å²) in [5, 5.41) is 3.00. The van der Waals surface area contributed by atoms with Crippen LogP contribution in [-0.2, 0) is 0 Å². The Balaban J connectivity index is 1.72. The van der Waals surface area contributed by atoms with Crippen LogP contribution in [0.1, 0.15) is 6.42 Å². The topological polar surface area (TPSA) is 93.0 Å². The van der Waals surface area contributed by atoms with Gasteiger partial charge >= 0.3 is 0 Å². The fourth-order valence-electron chi connectivity index (χ4n) is 1.54. The first kappa shape index (κ1) is 12.9. The van der Waals surface area contributed by atoms with Gasteiger partial charge < -0.3 is 20.8 Å². The van der Waals surface area contributed by atoms with E-state index in [-0.39, 0.29) is 11.2 Å². The van der Waals surface area contributed by atoms with Crippen LogP contribution in [0.2, 0.25) is 0 Å². The molecule has 0 spiro atoms. The number of aromatic amines is 1. The highest BCUT2D eigenvalue weighted by Crippen LogP contribution is 2.09. The second kappa shape index (κ2) is 6.44. The molecule has 1 aromatic heterocycles. The van der Waals surface area contributed by atoms with E-state index in [2.05, 4.69) is 15.3 Å². The van der Waals surface area contributed by atoms with Crippen LogP contribution in [0.3, 0.4) is 0 Å². The number of nitrogens with zero attached hydrogens (tertiary/aromatic N) is 1. The molecule has 0 aliphatic carbocycles. The monoisotopic (exact) mass is 260 g/mol. The van der Waals surface area contributed by atoms with E-state index in [4.69, 9.17) is 10.5 Å². The molecule has 0 aliphatic rings. The second-order valence-corrected chi connectivity index (χ2v) is 3.94. The van der Waals surface area contributed by atoms with E-state index < -0.39 is 0 Å². The predicted octanol–water partition coefficient (Wildman–Crippen LogP) is 1.23. The number of para-hydroxylation sites is 1. The number of hydrogen-bond acceptors (Lipinski definition) is 5. The number of anilines is 2. The lowest BCUT2D eigenvalue weighted by Gasteiger charge is -2.08. The summed E-state index contributed by atoms with van der Waals surface area (Å²) in [6.07, 6.45) is 2.10. The van der Waals surface area contributed by atoms with Gasteiger partial charge in [0.25, 0.3) is 5.56 Å². The molecule has 0 aliphatic heterocycles. The zero-order valence-electron chi connectivity index (χ0n) is 10.4. The number of benzene rings is 1. The lowest BCUT2D eigenvalue weighted by atomic mass is 10.3. The first-order valence-electron chi connectivity index (χ1n) is 6.02. The summed E-state index contributed by atoms with van der Waals surface area (Å²) in [5.41, 5.74) is 5.36. The van der Waals surface area contributed by atoms with E-state index >= 15 is 0 Å². The number of aromatic nitrogens is 2. The number of hydrogen-bond donors (Lipinski definition) is 3. The summed E-state index contributed by atoms with van der Waals surface area (Å²) >= 11 is 0. The summed E-state index contributed by atoms with van der Waals surface area (Å²) in [6.45, 7) is 1.22. The quantitative estimate of drug-likeness (QED) is 0.679. The molecule has 6 heteroatoms. The predicted molar refractivity (Wildman–Crippen MR) is 74.3 cm³/mol. The SMILES string of the molecule is Nc1c(NCCCOc2ccccc2)nc[nH]c1=O. The molecule has 0 saturated carbocycles. The van der Waals surface area contributed by atoms with E-state index in [0.29, 0.717) is 19.0 Å². The standard InChI is InChI=1S/C13H16N4O2/c14-11-12(16-9-17-13(11)18)15-7-4-8-19-10-5-2-1-3-6-10/h1-3,5-6,9H,4,7-8,14H2,(H2,15,16,17,18). The second-order valence-electron chi connectivity index (χ2n) is 3.94. The molecular formula is C13H16N4O2. The van der Waals surface area contributed by atoms with Gasteiger partial charge in [0.2, 0.25) is 0 Å². The number of nitrogens with one attached hydrogen (secondary N) is 2. The van der Waals surface area contributed by atoms with Gasteiger partial charge in [-0.25, -0.2) is 4.98 Å². The van der Waals surface area contributed by atoms with E-state index in [1.165, 1.54) is 6.33 Å². The first-order valence-corrected chi connectivity index (χ1v) is 6.02. The van der Waals surface area contributed by atoms with Gasteiger partial charge in [0, 0.05) is 6.54 Å². The van der Waals surface area contributed by atoms with Crippen molar-refractivity contribution < 1.29 is 4.74 Å². The summed E-state index contributed by atoms with van der Waals surface area (Å²) in [6, 6.07) is 9.60. The Hall–Kier alpha value is -2.50. The van der Waals surface area contributed by atoms with Gasteiger partial charge in [-0.2, -0.15) is 0 Å². The maximum Gasteiger partial charge on any atom is 0.276 e. The van der Waals surface area contributed by atoms with E-state index in [1.807, 2.05) is 30.3 Å². The molecule has 0 saturated heterocycles. The minimum absolute atomic E-state index is 0.103. The Labute approximate surface area is 110 Å². The number of nitrogens with two attached hydrogens (primary N) is 1. The zero-order valence-corrected chi connectivity index (χ0v) is 10.4. The van der Waals surface area contributed by atoms with Crippen LogP contribution in [-0.4, -0.2) is 23.1 Å². The average molecular weight is 260 g/mol. The van der Waals surface area contributed by atoms with Crippen molar-refractivity contribution in [1.82, 2.24) is 9.97 Å². The summed E-state index contributed by atoms with van der Waals surface area (Å²) in [5.74, 6) is 1.25. The Bertz CT molecular complexity index is 568. The van der Waals surface area contributed by atoms with Crippen LogP contribution in [0, 0.1) is 0 Å². The smallest absolute Gasteiger partial charge is 0.276 e. The molecule has 0 unspecified atom stereocenters. The normalized spacial score (nSPS) is 10.1. The molecule has 0 radical (unpaired) electrons.